The van der Waals surface area contributed by atoms with E-state index in [0.29, 0.717) is 17.7 Å². The summed E-state index contributed by atoms with van der Waals surface area (Å²) in [4.78, 5) is 42.2. The molecule has 1 saturated carbocycles. The number of phenols is 1. The fraction of sp³-hybridized carbons (Fsp3) is 0.679. The van der Waals surface area contributed by atoms with Crippen LogP contribution < -0.4 is 10.6 Å². The standard InChI is InChI=1S/C28H45N3O5S/c1-27(2,3)31(25(34)21(17-18-37-7)30-26(35)36-28(4,5)6)23(20-15-11-12-16-22(20)32)24(33)29-19-13-9-8-10-14-19/h11-12,15-16,19,21,23,32H,8-10,13-14,17-18H2,1-7H3,(H,29,33)(H,30,35). The monoisotopic (exact) mass is 535 g/mol. The van der Waals surface area contributed by atoms with Gasteiger partial charge in [0, 0.05) is 17.1 Å². The molecule has 1 fully saturated rings. The summed E-state index contributed by atoms with van der Waals surface area (Å²) in [7, 11) is 0. The molecule has 37 heavy (non-hydrogen) atoms. The molecule has 2 atom stereocenters. The Labute approximate surface area is 226 Å². The first kappa shape index (κ1) is 30.8. The van der Waals surface area contributed by atoms with Crippen LogP contribution in [0.5, 0.6) is 5.75 Å². The lowest BCUT2D eigenvalue weighted by Gasteiger charge is -2.43. The van der Waals surface area contributed by atoms with Gasteiger partial charge in [0.05, 0.1) is 0 Å². The summed E-state index contributed by atoms with van der Waals surface area (Å²) in [5.41, 5.74) is -1.18. The highest BCUT2D eigenvalue weighted by atomic mass is 32.2. The van der Waals surface area contributed by atoms with Gasteiger partial charge in [0.1, 0.15) is 23.4 Å². The van der Waals surface area contributed by atoms with Crippen molar-refractivity contribution in [1.82, 2.24) is 15.5 Å². The van der Waals surface area contributed by atoms with Crippen molar-refractivity contribution in [3.05, 3.63) is 29.8 Å². The number of hydrogen-bond donors (Lipinski definition) is 3. The number of carbonyl (C=O) groups excluding carboxylic acids is 3. The molecule has 1 aromatic carbocycles. The maximum atomic E-state index is 14.2. The topological polar surface area (TPSA) is 108 Å². The van der Waals surface area contributed by atoms with Gasteiger partial charge in [-0.3, -0.25) is 9.59 Å². The van der Waals surface area contributed by atoms with E-state index in [2.05, 4.69) is 10.6 Å². The lowest BCUT2D eigenvalue weighted by Crippen LogP contribution is -2.59. The SMILES string of the molecule is CSCCC(NC(=O)OC(C)(C)C)C(=O)N(C(C(=O)NC1CCCCC1)c1ccccc1O)C(C)(C)C. The van der Waals surface area contributed by atoms with Crippen molar-refractivity contribution in [3.8, 4) is 5.75 Å². The van der Waals surface area contributed by atoms with Gasteiger partial charge in [-0.15, -0.1) is 0 Å². The summed E-state index contributed by atoms with van der Waals surface area (Å²) < 4.78 is 5.43. The van der Waals surface area contributed by atoms with Crippen LogP contribution >= 0.6 is 11.8 Å². The second-order valence-electron chi connectivity index (χ2n) is 11.7. The minimum absolute atomic E-state index is 0.0266. The Balaban J connectivity index is 2.50. The third-order valence-electron chi connectivity index (χ3n) is 6.25. The number of carbonyl (C=O) groups is 3. The molecule has 8 nitrogen and oxygen atoms in total. The van der Waals surface area contributed by atoms with Crippen LogP contribution in [0.25, 0.3) is 0 Å². The van der Waals surface area contributed by atoms with E-state index < -0.39 is 35.2 Å². The van der Waals surface area contributed by atoms with E-state index in [9.17, 15) is 19.5 Å². The Hall–Kier alpha value is -2.42. The third-order valence-corrected chi connectivity index (χ3v) is 6.89. The number of ether oxygens (including phenoxy) is 1. The first-order valence-corrected chi connectivity index (χ1v) is 14.5. The Morgan fingerprint density at radius 1 is 1.08 bits per heavy atom. The molecule has 0 bridgehead atoms. The van der Waals surface area contributed by atoms with Crippen molar-refractivity contribution in [2.45, 2.75) is 109 Å². The molecule has 2 rings (SSSR count). The molecule has 0 heterocycles. The van der Waals surface area contributed by atoms with E-state index >= 15 is 0 Å². The van der Waals surface area contributed by atoms with Gasteiger partial charge in [-0.2, -0.15) is 11.8 Å². The molecule has 0 spiro atoms. The van der Waals surface area contributed by atoms with E-state index in [4.69, 9.17) is 4.74 Å². The molecule has 1 aliphatic rings. The first-order chi connectivity index (χ1) is 17.2. The van der Waals surface area contributed by atoms with E-state index in [1.165, 1.54) is 11.0 Å². The van der Waals surface area contributed by atoms with Crippen LogP contribution in [0.3, 0.4) is 0 Å². The van der Waals surface area contributed by atoms with Gasteiger partial charge in [-0.1, -0.05) is 37.5 Å². The van der Waals surface area contributed by atoms with Crippen LogP contribution in [-0.2, 0) is 14.3 Å². The second kappa shape index (κ2) is 13.4. The number of hydrogen-bond acceptors (Lipinski definition) is 6. The average Bonchev–Trinajstić information content (AvgIpc) is 2.79. The number of amides is 3. The van der Waals surface area contributed by atoms with Crippen LogP contribution in [0, 0.1) is 0 Å². The molecule has 9 heteroatoms. The summed E-state index contributed by atoms with van der Waals surface area (Å²) in [5, 5.41) is 16.7. The van der Waals surface area contributed by atoms with Crippen molar-refractivity contribution < 1.29 is 24.2 Å². The predicted octanol–water partition coefficient (Wildman–Crippen LogP) is 5.16. The molecule has 0 saturated heterocycles. The molecule has 1 aliphatic carbocycles. The molecule has 0 aliphatic heterocycles. The van der Waals surface area contributed by atoms with Gasteiger partial charge in [-0.25, -0.2) is 4.79 Å². The molecular formula is C28H45N3O5S. The Kier molecular flexibility index (Phi) is 11.2. The van der Waals surface area contributed by atoms with Crippen molar-refractivity contribution in [3.63, 3.8) is 0 Å². The summed E-state index contributed by atoms with van der Waals surface area (Å²) in [5.74, 6) is -0.175. The number of thioether (sulfide) groups is 1. The lowest BCUT2D eigenvalue weighted by atomic mass is 9.92. The normalized spacial score (nSPS) is 16.4. The number of phenolic OH excluding ortho intramolecular Hbond substituents is 1. The van der Waals surface area contributed by atoms with Crippen LogP contribution in [0.4, 0.5) is 4.79 Å². The van der Waals surface area contributed by atoms with E-state index in [1.807, 2.05) is 27.0 Å². The van der Waals surface area contributed by atoms with Crippen molar-refractivity contribution in [1.29, 1.82) is 0 Å². The van der Waals surface area contributed by atoms with Crippen molar-refractivity contribution in [2.75, 3.05) is 12.0 Å². The fourth-order valence-corrected chi connectivity index (χ4v) is 5.07. The molecule has 0 aromatic heterocycles. The minimum Gasteiger partial charge on any atom is -0.508 e. The molecule has 0 radical (unpaired) electrons. The first-order valence-electron chi connectivity index (χ1n) is 13.1. The highest BCUT2D eigenvalue weighted by Gasteiger charge is 2.43. The van der Waals surface area contributed by atoms with Gasteiger partial charge in [-0.05, 0) is 78.9 Å². The summed E-state index contributed by atoms with van der Waals surface area (Å²) in [6.07, 6.45) is 6.62. The van der Waals surface area contributed by atoms with E-state index in [1.54, 1.807) is 50.7 Å². The molecular weight excluding hydrogens is 490 g/mol. The summed E-state index contributed by atoms with van der Waals surface area (Å²) in [6, 6.07) is 4.66. The average molecular weight is 536 g/mol. The van der Waals surface area contributed by atoms with Crippen LogP contribution in [-0.4, -0.2) is 63.1 Å². The number of benzene rings is 1. The molecule has 1 aromatic rings. The second-order valence-corrected chi connectivity index (χ2v) is 12.6. The third kappa shape index (κ3) is 9.43. The predicted molar refractivity (Wildman–Crippen MR) is 149 cm³/mol. The van der Waals surface area contributed by atoms with Gasteiger partial charge in [0.15, 0.2) is 0 Å². The zero-order valence-electron chi connectivity index (χ0n) is 23.4. The zero-order chi connectivity index (χ0) is 27.8. The smallest absolute Gasteiger partial charge is 0.408 e. The van der Waals surface area contributed by atoms with Gasteiger partial charge >= 0.3 is 6.09 Å². The zero-order valence-corrected chi connectivity index (χ0v) is 24.2. The highest BCUT2D eigenvalue weighted by Crippen LogP contribution is 2.35. The van der Waals surface area contributed by atoms with Crippen LogP contribution in [0.15, 0.2) is 24.3 Å². The Morgan fingerprint density at radius 2 is 1.70 bits per heavy atom. The number of rotatable bonds is 9. The van der Waals surface area contributed by atoms with E-state index in [-0.39, 0.29) is 17.7 Å². The molecule has 3 amide bonds. The fourth-order valence-electron chi connectivity index (χ4n) is 4.60. The minimum atomic E-state index is -1.08. The number of aromatic hydroxyl groups is 1. The Morgan fingerprint density at radius 3 is 2.24 bits per heavy atom. The number of para-hydroxylation sites is 1. The van der Waals surface area contributed by atoms with E-state index in [0.717, 1.165) is 32.1 Å². The van der Waals surface area contributed by atoms with Crippen LogP contribution in [0.1, 0.15) is 91.7 Å². The number of alkyl carbamates (subject to hydrolysis) is 1. The van der Waals surface area contributed by atoms with Gasteiger partial charge in [0.2, 0.25) is 11.8 Å². The van der Waals surface area contributed by atoms with Crippen molar-refractivity contribution in [2.24, 2.45) is 0 Å². The maximum Gasteiger partial charge on any atom is 0.408 e. The van der Waals surface area contributed by atoms with Crippen molar-refractivity contribution >= 4 is 29.7 Å². The largest absolute Gasteiger partial charge is 0.508 e. The highest BCUT2D eigenvalue weighted by molar-refractivity contribution is 7.98. The quantitative estimate of drug-likeness (QED) is 0.403. The van der Waals surface area contributed by atoms with Crippen LogP contribution in [0.2, 0.25) is 0 Å². The number of nitrogens with one attached hydrogen (secondary N) is 2. The lowest BCUT2D eigenvalue weighted by molar-refractivity contribution is -0.148. The molecule has 2 unspecified atom stereocenters. The Bertz CT molecular complexity index is 919. The maximum absolute atomic E-state index is 14.2. The summed E-state index contributed by atoms with van der Waals surface area (Å²) >= 11 is 1.56. The molecule has 208 valence electrons. The van der Waals surface area contributed by atoms with Gasteiger partial charge in [0.25, 0.3) is 0 Å². The molecule has 3 N–H and O–H groups in total. The number of nitrogens with zero attached hydrogens (tertiary/aromatic N) is 1. The summed E-state index contributed by atoms with van der Waals surface area (Å²) in [6.45, 7) is 10.8. The van der Waals surface area contributed by atoms with Gasteiger partial charge < -0.3 is 25.4 Å².